The van der Waals surface area contributed by atoms with Gasteiger partial charge in [-0.1, -0.05) is 22.6 Å². The predicted octanol–water partition coefficient (Wildman–Crippen LogP) is 5.47. The second kappa shape index (κ2) is 13.8. The number of ether oxygens (including phenoxy) is 2. The van der Waals surface area contributed by atoms with Gasteiger partial charge >= 0.3 is 12.2 Å². The number of aliphatic hydroxyl groups is 1. The summed E-state index contributed by atoms with van der Waals surface area (Å²) in [7, 11) is 0. The van der Waals surface area contributed by atoms with Crippen molar-refractivity contribution < 1.29 is 24.2 Å². The molecule has 0 aromatic heterocycles. The van der Waals surface area contributed by atoms with Gasteiger partial charge in [0.15, 0.2) is 0 Å². The summed E-state index contributed by atoms with van der Waals surface area (Å²) in [6.45, 7) is 14.8. The molecule has 0 aliphatic carbocycles. The molecule has 2 saturated heterocycles. The van der Waals surface area contributed by atoms with Crippen LogP contribution in [0.1, 0.15) is 80.1 Å². The summed E-state index contributed by atoms with van der Waals surface area (Å²) in [6, 6.07) is 0. The quantitative estimate of drug-likeness (QED) is 0.359. The molecule has 2 fully saturated rings. The molecule has 0 atom stereocenters. The second-order valence-electron chi connectivity index (χ2n) is 10.8. The van der Waals surface area contributed by atoms with E-state index in [0.717, 1.165) is 64.2 Å². The average molecular weight is 569 g/mol. The lowest BCUT2D eigenvalue weighted by Gasteiger charge is -2.33. The Morgan fingerprint density at radius 1 is 0.781 bits per heavy atom. The smallest absolute Gasteiger partial charge is 0.410 e. The van der Waals surface area contributed by atoms with Gasteiger partial charge in [0.2, 0.25) is 0 Å². The summed E-state index contributed by atoms with van der Waals surface area (Å²) >= 11 is 2.42. The highest BCUT2D eigenvalue weighted by molar-refractivity contribution is 14.1. The van der Waals surface area contributed by atoms with Gasteiger partial charge in [0.05, 0.1) is 0 Å². The first-order valence-electron chi connectivity index (χ1n) is 12.0. The number of carbonyl (C=O) groups excluding carboxylic acids is 2. The fourth-order valence-electron chi connectivity index (χ4n) is 3.80. The standard InChI is InChI=1S/C12H22INO2.C12H23NO3/c1-12(2,3)16-11(15)14-8-5-10(4-7-13)6-9-14;1-12(2,3)16-11(15)13-7-4-10(5-8-13)6-9-14/h10H,4-9H2,1-3H3;10,14H,4-9H2,1-3H3. The van der Waals surface area contributed by atoms with Crippen LogP contribution in [0.15, 0.2) is 0 Å². The van der Waals surface area contributed by atoms with Gasteiger partial charge in [-0.05, 0) is 96.3 Å². The van der Waals surface area contributed by atoms with Crippen molar-refractivity contribution in [3.05, 3.63) is 0 Å². The molecule has 7 nitrogen and oxygen atoms in total. The van der Waals surface area contributed by atoms with Crippen molar-refractivity contribution in [1.29, 1.82) is 0 Å². The maximum atomic E-state index is 11.8. The van der Waals surface area contributed by atoms with E-state index in [9.17, 15) is 9.59 Å². The average Bonchev–Trinajstić information content (AvgIpc) is 2.67. The summed E-state index contributed by atoms with van der Waals surface area (Å²) in [6.07, 6.45) is 5.96. The Hall–Kier alpha value is -0.770. The number of rotatable bonds is 4. The van der Waals surface area contributed by atoms with Crippen LogP contribution >= 0.6 is 22.6 Å². The van der Waals surface area contributed by atoms with Gasteiger partial charge in [-0.25, -0.2) is 9.59 Å². The SMILES string of the molecule is CC(C)(C)OC(=O)N1CCC(CCI)CC1.CC(C)(C)OC(=O)N1CCC(CCO)CC1. The summed E-state index contributed by atoms with van der Waals surface area (Å²) in [5.41, 5.74) is -0.796. The molecule has 0 aromatic rings. The molecule has 0 radical (unpaired) electrons. The largest absolute Gasteiger partial charge is 0.444 e. The zero-order valence-electron chi connectivity index (χ0n) is 21.0. The van der Waals surface area contributed by atoms with E-state index < -0.39 is 5.60 Å². The van der Waals surface area contributed by atoms with Crippen LogP contribution in [0.4, 0.5) is 9.59 Å². The van der Waals surface area contributed by atoms with Gasteiger partial charge in [-0.2, -0.15) is 0 Å². The molecule has 32 heavy (non-hydrogen) atoms. The number of amides is 2. The summed E-state index contributed by atoms with van der Waals surface area (Å²) in [5.74, 6) is 1.36. The molecule has 1 N–H and O–H groups in total. The molecule has 0 aromatic carbocycles. The fourth-order valence-corrected chi connectivity index (χ4v) is 4.68. The van der Waals surface area contributed by atoms with Crippen molar-refractivity contribution in [1.82, 2.24) is 9.80 Å². The summed E-state index contributed by atoms with van der Waals surface area (Å²) in [4.78, 5) is 27.1. The van der Waals surface area contributed by atoms with Crippen LogP contribution in [0.3, 0.4) is 0 Å². The zero-order chi connectivity index (χ0) is 24.4. The van der Waals surface area contributed by atoms with Crippen LogP contribution in [0, 0.1) is 11.8 Å². The molecule has 2 rings (SSSR count). The molecule has 2 aliphatic rings. The summed E-state index contributed by atoms with van der Waals surface area (Å²) < 4.78 is 11.9. The molecular formula is C24H45IN2O5. The Morgan fingerprint density at radius 3 is 1.41 bits per heavy atom. The third-order valence-electron chi connectivity index (χ3n) is 5.59. The van der Waals surface area contributed by atoms with Gasteiger partial charge in [0.25, 0.3) is 0 Å². The number of carbonyl (C=O) groups is 2. The van der Waals surface area contributed by atoms with Crippen LogP contribution in [0.5, 0.6) is 0 Å². The van der Waals surface area contributed by atoms with Gasteiger partial charge < -0.3 is 24.4 Å². The van der Waals surface area contributed by atoms with Crippen molar-refractivity contribution in [3.63, 3.8) is 0 Å². The minimum absolute atomic E-state index is 0.152. The molecule has 2 heterocycles. The Labute approximate surface area is 208 Å². The number of piperidine rings is 2. The van der Waals surface area contributed by atoms with Gasteiger partial charge in [-0.3, -0.25) is 0 Å². The van der Waals surface area contributed by atoms with E-state index in [1.54, 1.807) is 4.90 Å². The lowest BCUT2D eigenvalue weighted by Crippen LogP contribution is -2.41. The highest BCUT2D eigenvalue weighted by Gasteiger charge is 2.27. The molecule has 8 heteroatoms. The molecule has 2 amide bonds. The maximum Gasteiger partial charge on any atom is 0.410 e. The third-order valence-corrected chi connectivity index (χ3v) is 6.21. The maximum absolute atomic E-state index is 11.8. The monoisotopic (exact) mass is 568 g/mol. The van der Waals surface area contributed by atoms with E-state index in [2.05, 4.69) is 22.6 Å². The molecule has 0 unspecified atom stereocenters. The number of likely N-dealkylation sites (tertiary alicyclic amines) is 2. The van der Waals surface area contributed by atoms with Crippen LogP contribution in [0.25, 0.3) is 0 Å². The van der Waals surface area contributed by atoms with Gasteiger partial charge in [0.1, 0.15) is 11.2 Å². The second-order valence-corrected chi connectivity index (χ2v) is 11.9. The predicted molar refractivity (Wildman–Crippen MR) is 136 cm³/mol. The molecule has 0 bridgehead atoms. The Balaban J connectivity index is 0.000000320. The number of hydrogen-bond acceptors (Lipinski definition) is 5. The molecule has 0 spiro atoms. The van der Waals surface area contributed by atoms with Gasteiger partial charge in [0, 0.05) is 32.8 Å². The van der Waals surface area contributed by atoms with E-state index >= 15 is 0 Å². The Morgan fingerprint density at radius 2 is 1.12 bits per heavy atom. The third kappa shape index (κ3) is 12.5. The first kappa shape index (κ1) is 29.3. The van der Waals surface area contributed by atoms with Crippen LogP contribution < -0.4 is 0 Å². The van der Waals surface area contributed by atoms with E-state index in [1.807, 2.05) is 46.4 Å². The van der Waals surface area contributed by atoms with Gasteiger partial charge in [-0.15, -0.1) is 0 Å². The fraction of sp³-hybridized carbons (Fsp3) is 0.917. The van der Waals surface area contributed by atoms with E-state index in [4.69, 9.17) is 14.6 Å². The minimum atomic E-state index is -0.418. The van der Waals surface area contributed by atoms with Crippen LogP contribution in [-0.2, 0) is 9.47 Å². The molecular weight excluding hydrogens is 523 g/mol. The number of aliphatic hydroxyl groups excluding tert-OH is 1. The summed E-state index contributed by atoms with van der Waals surface area (Å²) in [5, 5.41) is 8.84. The van der Waals surface area contributed by atoms with E-state index in [-0.39, 0.29) is 24.4 Å². The first-order chi connectivity index (χ1) is 14.8. The van der Waals surface area contributed by atoms with Crippen molar-refractivity contribution in [2.24, 2.45) is 11.8 Å². The topological polar surface area (TPSA) is 79.3 Å². The number of nitrogens with zero attached hydrogens (tertiary/aromatic N) is 2. The highest BCUT2D eigenvalue weighted by Crippen LogP contribution is 2.23. The van der Waals surface area contributed by atoms with E-state index in [0.29, 0.717) is 5.92 Å². The van der Waals surface area contributed by atoms with Crippen molar-refractivity contribution in [2.45, 2.75) is 91.3 Å². The van der Waals surface area contributed by atoms with Crippen molar-refractivity contribution in [2.75, 3.05) is 37.2 Å². The highest BCUT2D eigenvalue weighted by atomic mass is 127. The number of halogens is 1. The number of hydrogen-bond donors (Lipinski definition) is 1. The Bertz CT molecular complexity index is 508. The van der Waals surface area contributed by atoms with Crippen molar-refractivity contribution in [3.8, 4) is 0 Å². The first-order valence-corrected chi connectivity index (χ1v) is 13.5. The molecule has 2 aliphatic heterocycles. The Kier molecular flexibility index (Phi) is 12.6. The lowest BCUT2D eigenvalue weighted by molar-refractivity contribution is 0.0168. The minimum Gasteiger partial charge on any atom is -0.444 e. The number of alkyl halides is 1. The normalized spacial score (nSPS) is 18.6. The van der Waals surface area contributed by atoms with E-state index in [1.165, 1.54) is 10.8 Å². The van der Waals surface area contributed by atoms with Crippen molar-refractivity contribution >= 4 is 34.8 Å². The zero-order valence-corrected chi connectivity index (χ0v) is 23.2. The lowest BCUT2D eigenvalue weighted by atomic mass is 9.94. The molecule has 0 saturated carbocycles. The van der Waals surface area contributed by atoms with Crippen LogP contribution in [-0.4, -0.2) is 75.5 Å². The molecule has 188 valence electrons. The van der Waals surface area contributed by atoms with Crippen LogP contribution in [0.2, 0.25) is 0 Å².